The van der Waals surface area contributed by atoms with Crippen LogP contribution in [0.5, 0.6) is 0 Å². The lowest BCUT2D eigenvalue weighted by atomic mass is 10.1. The highest BCUT2D eigenvalue weighted by atomic mass is 32.2. The molecule has 2 heterocycles. The number of imide groups is 1. The number of hydrogen-bond donors (Lipinski definition) is 1. The maximum atomic E-state index is 13.2. The second-order valence-corrected chi connectivity index (χ2v) is 9.80. The summed E-state index contributed by atoms with van der Waals surface area (Å²) in [7, 11) is -3.83. The van der Waals surface area contributed by atoms with Crippen molar-refractivity contribution in [3.05, 3.63) is 52.9 Å². The Bertz CT molecular complexity index is 1120. The summed E-state index contributed by atoms with van der Waals surface area (Å²) < 4.78 is 27.7. The number of aryl methyl sites for hydroxylation is 1. The van der Waals surface area contributed by atoms with Crippen molar-refractivity contribution < 1.29 is 22.8 Å². The van der Waals surface area contributed by atoms with Crippen LogP contribution in [0.1, 0.15) is 36.7 Å². The average molecular weight is 461 g/mol. The molecule has 1 N–H and O–H groups in total. The Kier molecular flexibility index (Phi) is 6.85. The van der Waals surface area contributed by atoms with E-state index in [-0.39, 0.29) is 36.9 Å². The summed E-state index contributed by atoms with van der Waals surface area (Å²) in [5.74, 6) is -0.624. The number of hydrogen-bond acceptors (Lipinski definition) is 6. The lowest BCUT2D eigenvalue weighted by molar-refractivity contribution is -0.124. The topological polar surface area (TPSA) is 107 Å². The Morgan fingerprint density at radius 1 is 1.03 bits per heavy atom. The van der Waals surface area contributed by atoms with Gasteiger partial charge in [-0.15, -0.1) is 0 Å². The fourth-order valence-electron chi connectivity index (χ4n) is 3.73. The number of nitrogens with zero attached hydrogens (tertiary/aromatic N) is 3. The van der Waals surface area contributed by atoms with Crippen LogP contribution < -0.4 is 5.32 Å². The van der Waals surface area contributed by atoms with Gasteiger partial charge in [0.15, 0.2) is 5.78 Å². The van der Waals surface area contributed by atoms with Gasteiger partial charge in [0, 0.05) is 51.4 Å². The molecule has 3 amide bonds. The van der Waals surface area contributed by atoms with E-state index in [9.17, 15) is 22.8 Å². The van der Waals surface area contributed by atoms with E-state index in [1.54, 1.807) is 25.3 Å². The Labute approximate surface area is 188 Å². The molecule has 2 aliphatic heterocycles. The number of allylic oxidation sites excluding steroid dienone is 1. The summed E-state index contributed by atoms with van der Waals surface area (Å²) in [5.41, 5.74) is 2.18. The predicted molar refractivity (Wildman–Crippen MR) is 119 cm³/mol. The van der Waals surface area contributed by atoms with Crippen molar-refractivity contribution in [2.45, 2.75) is 32.6 Å². The maximum Gasteiger partial charge on any atom is 0.331 e. The van der Waals surface area contributed by atoms with Crippen molar-refractivity contribution in [1.82, 2.24) is 19.4 Å². The number of amides is 3. The third kappa shape index (κ3) is 4.61. The molecule has 2 aliphatic rings. The Balaban J connectivity index is 1.77. The van der Waals surface area contributed by atoms with Crippen molar-refractivity contribution in [3.8, 4) is 0 Å². The van der Waals surface area contributed by atoms with Gasteiger partial charge in [-0.2, -0.15) is 4.31 Å². The van der Waals surface area contributed by atoms with Crippen molar-refractivity contribution >= 4 is 27.7 Å². The van der Waals surface area contributed by atoms with E-state index < -0.39 is 22.0 Å². The quantitative estimate of drug-likeness (QED) is 0.688. The van der Waals surface area contributed by atoms with E-state index in [2.05, 4.69) is 5.32 Å². The molecule has 0 atom stereocenters. The van der Waals surface area contributed by atoms with E-state index >= 15 is 0 Å². The Hall–Kier alpha value is -2.98. The van der Waals surface area contributed by atoms with Crippen LogP contribution in [0.2, 0.25) is 0 Å². The number of dihydropyridines is 1. The second kappa shape index (κ2) is 9.25. The number of urea groups is 1. The van der Waals surface area contributed by atoms with Crippen molar-refractivity contribution in [2.75, 3.05) is 32.7 Å². The van der Waals surface area contributed by atoms with Gasteiger partial charge in [-0.25, -0.2) is 18.1 Å². The minimum absolute atomic E-state index is 0.0922. The Morgan fingerprint density at radius 2 is 1.69 bits per heavy atom. The first-order valence-corrected chi connectivity index (χ1v) is 11.8. The van der Waals surface area contributed by atoms with Crippen LogP contribution in [-0.2, 0) is 14.8 Å². The van der Waals surface area contributed by atoms with E-state index in [1.165, 1.54) is 29.1 Å². The number of Topliss-reactive ketones (excluding diaryl/α,β-unsaturated/α-hetero) is 1. The van der Waals surface area contributed by atoms with E-state index in [0.717, 1.165) is 10.5 Å². The van der Waals surface area contributed by atoms with Gasteiger partial charge in [-0.3, -0.25) is 9.59 Å². The number of benzene rings is 1. The molecule has 1 aromatic rings. The highest BCUT2D eigenvalue weighted by molar-refractivity contribution is 7.89. The third-order valence-electron chi connectivity index (χ3n) is 5.64. The zero-order chi connectivity index (χ0) is 23.6. The first-order chi connectivity index (χ1) is 15.0. The highest BCUT2D eigenvalue weighted by Gasteiger charge is 2.35. The van der Waals surface area contributed by atoms with E-state index in [4.69, 9.17) is 0 Å². The lowest BCUT2D eigenvalue weighted by Crippen LogP contribution is -2.54. The zero-order valence-electron chi connectivity index (χ0n) is 18.7. The van der Waals surface area contributed by atoms with Crippen LogP contribution in [-0.4, -0.2) is 73.0 Å². The van der Waals surface area contributed by atoms with Gasteiger partial charge in [0.2, 0.25) is 15.9 Å². The maximum absolute atomic E-state index is 13.2. The molecular formula is C22H28N4O5S. The summed E-state index contributed by atoms with van der Waals surface area (Å²) in [5, 5.41) is 3.01. The van der Waals surface area contributed by atoms with Crippen molar-refractivity contribution in [3.63, 3.8) is 0 Å². The largest absolute Gasteiger partial charge is 0.386 e. The molecule has 10 heteroatoms. The van der Waals surface area contributed by atoms with Crippen LogP contribution in [0.3, 0.4) is 0 Å². The molecule has 3 rings (SSSR count). The molecule has 0 spiro atoms. The molecule has 1 aromatic carbocycles. The van der Waals surface area contributed by atoms with Crippen LogP contribution >= 0.6 is 0 Å². The molecule has 32 heavy (non-hydrogen) atoms. The van der Waals surface area contributed by atoms with Gasteiger partial charge in [-0.1, -0.05) is 18.2 Å². The highest BCUT2D eigenvalue weighted by Crippen LogP contribution is 2.24. The van der Waals surface area contributed by atoms with E-state index in [0.29, 0.717) is 23.4 Å². The van der Waals surface area contributed by atoms with Gasteiger partial charge in [0.25, 0.3) is 0 Å². The summed E-state index contributed by atoms with van der Waals surface area (Å²) >= 11 is 0. The normalized spacial score (nSPS) is 17.2. The predicted octanol–water partition coefficient (Wildman–Crippen LogP) is 1.86. The molecule has 1 saturated heterocycles. The molecule has 9 nitrogen and oxygen atoms in total. The number of rotatable bonds is 4. The summed E-state index contributed by atoms with van der Waals surface area (Å²) in [6, 6.07) is 4.15. The second-order valence-electron chi connectivity index (χ2n) is 7.89. The van der Waals surface area contributed by atoms with Gasteiger partial charge >= 0.3 is 6.03 Å². The number of nitrogens with one attached hydrogen (secondary N) is 1. The molecule has 172 valence electrons. The van der Waals surface area contributed by atoms with Crippen LogP contribution in [0.25, 0.3) is 0 Å². The van der Waals surface area contributed by atoms with Gasteiger partial charge in [0.05, 0.1) is 10.6 Å². The molecule has 0 aromatic heterocycles. The summed E-state index contributed by atoms with van der Waals surface area (Å²) in [6.07, 6.45) is 3.53. The summed E-state index contributed by atoms with van der Waals surface area (Å²) in [4.78, 5) is 39.8. The van der Waals surface area contributed by atoms with E-state index in [1.807, 2.05) is 13.0 Å². The monoisotopic (exact) mass is 460 g/mol. The fourth-order valence-corrected chi connectivity index (χ4v) is 5.40. The molecule has 0 saturated carbocycles. The zero-order valence-corrected chi connectivity index (χ0v) is 19.5. The standard InChI is InChI=1S/C22H28N4O5S/c1-15-7-8-23-14-20(15)26(18(4)28)22(29)24-9-11-25(12-10-24)32(30,31)21-13-19(17(3)27)6-5-16(21)2/h5-7,13-14,23H,8-12H2,1-4H3. The molecule has 0 radical (unpaired) electrons. The molecule has 0 unspecified atom stereocenters. The number of ketones is 1. The molecule has 0 aliphatic carbocycles. The lowest BCUT2D eigenvalue weighted by Gasteiger charge is -2.37. The molecule has 0 bridgehead atoms. The Morgan fingerprint density at radius 3 is 2.25 bits per heavy atom. The van der Waals surface area contributed by atoms with Crippen LogP contribution in [0.15, 0.2) is 46.6 Å². The SMILES string of the molecule is CC(=O)c1ccc(C)c(S(=O)(=O)N2CCN(C(=O)N(C(C)=O)C3=CNCC=C3C)CC2)c1. The van der Waals surface area contributed by atoms with Crippen LogP contribution in [0, 0.1) is 6.92 Å². The number of carbonyl (C=O) groups excluding carboxylic acids is 3. The minimum Gasteiger partial charge on any atom is -0.386 e. The summed E-state index contributed by atoms with van der Waals surface area (Å²) in [6.45, 7) is 7.34. The van der Waals surface area contributed by atoms with Gasteiger partial charge in [-0.05, 0) is 38.0 Å². The first kappa shape index (κ1) is 23.7. The minimum atomic E-state index is -3.83. The average Bonchev–Trinajstić information content (AvgIpc) is 2.75. The molecule has 1 fully saturated rings. The van der Waals surface area contributed by atoms with Crippen LogP contribution in [0.4, 0.5) is 4.79 Å². The third-order valence-corrected chi connectivity index (χ3v) is 7.68. The molecular weight excluding hydrogens is 432 g/mol. The van der Waals surface area contributed by atoms with Crippen molar-refractivity contribution in [2.24, 2.45) is 0 Å². The smallest absolute Gasteiger partial charge is 0.331 e. The number of piperazine rings is 1. The fraction of sp³-hybridized carbons (Fsp3) is 0.409. The number of sulfonamides is 1. The van der Waals surface area contributed by atoms with Gasteiger partial charge in [0.1, 0.15) is 0 Å². The number of carbonyl (C=O) groups is 3. The first-order valence-electron chi connectivity index (χ1n) is 10.4. The van der Waals surface area contributed by atoms with Crippen molar-refractivity contribution in [1.29, 1.82) is 0 Å². The van der Waals surface area contributed by atoms with Gasteiger partial charge < -0.3 is 10.2 Å².